The summed E-state index contributed by atoms with van der Waals surface area (Å²) in [5, 5.41) is 9.00. The van der Waals surface area contributed by atoms with E-state index in [1.807, 2.05) is 45.5 Å². The fourth-order valence-electron chi connectivity index (χ4n) is 4.10. The van der Waals surface area contributed by atoms with Crippen molar-refractivity contribution in [3.63, 3.8) is 0 Å². The predicted molar refractivity (Wildman–Crippen MR) is 131 cm³/mol. The van der Waals surface area contributed by atoms with Gasteiger partial charge in [0, 0.05) is 23.5 Å². The molecule has 1 N–H and O–H groups in total. The number of nitrogens with zero attached hydrogens (tertiary/aromatic N) is 2. The van der Waals surface area contributed by atoms with Crippen LogP contribution < -0.4 is 10.4 Å². The number of ether oxygens (including phenoxy) is 1. The summed E-state index contributed by atoms with van der Waals surface area (Å²) in [5.74, 6) is 0.868. The SMILES string of the molecule is CCCCn1c(C)c(CCC(C)C)n(Cc2ccc(-c3ccccc3OC(=O)O)cc2)c1=O. The summed E-state index contributed by atoms with van der Waals surface area (Å²) in [6.07, 6.45) is 2.62. The Labute approximate surface area is 195 Å². The zero-order valence-corrected chi connectivity index (χ0v) is 20.0. The van der Waals surface area contributed by atoms with Crippen LogP contribution in [0.5, 0.6) is 5.75 Å². The van der Waals surface area contributed by atoms with E-state index in [0.717, 1.165) is 54.7 Å². The number of para-hydroxylation sites is 1. The molecule has 176 valence electrons. The Morgan fingerprint density at radius 1 is 1.06 bits per heavy atom. The number of benzene rings is 2. The van der Waals surface area contributed by atoms with E-state index in [2.05, 4.69) is 27.7 Å². The van der Waals surface area contributed by atoms with Crippen LogP contribution in [0.15, 0.2) is 53.3 Å². The molecule has 0 radical (unpaired) electrons. The maximum Gasteiger partial charge on any atom is 0.511 e. The molecular formula is C27H34N2O4. The monoisotopic (exact) mass is 450 g/mol. The van der Waals surface area contributed by atoms with Gasteiger partial charge in [0.05, 0.1) is 6.54 Å². The van der Waals surface area contributed by atoms with E-state index < -0.39 is 6.16 Å². The van der Waals surface area contributed by atoms with Gasteiger partial charge in [-0.15, -0.1) is 0 Å². The van der Waals surface area contributed by atoms with E-state index >= 15 is 0 Å². The molecule has 6 heteroatoms. The lowest BCUT2D eigenvalue weighted by Crippen LogP contribution is -2.26. The molecule has 0 amide bonds. The van der Waals surface area contributed by atoms with Gasteiger partial charge >= 0.3 is 11.8 Å². The van der Waals surface area contributed by atoms with Crippen LogP contribution in [0.2, 0.25) is 0 Å². The molecule has 0 spiro atoms. The molecule has 0 bridgehead atoms. The second-order valence-corrected chi connectivity index (χ2v) is 8.90. The van der Waals surface area contributed by atoms with Crippen LogP contribution in [0.1, 0.15) is 57.0 Å². The molecule has 33 heavy (non-hydrogen) atoms. The van der Waals surface area contributed by atoms with Gasteiger partial charge in [0.15, 0.2) is 0 Å². The normalized spacial score (nSPS) is 11.2. The minimum absolute atomic E-state index is 0.0592. The van der Waals surface area contributed by atoms with Crippen molar-refractivity contribution in [3.05, 3.63) is 76.0 Å². The van der Waals surface area contributed by atoms with Crippen LogP contribution in [0.4, 0.5) is 4.79 Å². The first-order valence-corrected chi connectivity index (χ1v) is 11.7. The van der Waals surface area contributed by atoms with E-state index in [9.17, 15) is 9.59 Å². The molecule has 2 aromatic carbocycles. The third-order valence-electron chi connectivity index (χ3n) is 5.99. The fraction of sp³-hybridized carbons (Fsp3) is 0.407. The number of imidazole rings is 1. The van der Waals surface area contributed by atoms with Crippen molar-refractivity contribution in [1.29, 1.82) is 0 Å². The van der Waals surface area contributed by atoms with Gasteiger partial charge in [0.25, 0.3) is 0 Å². The van der Waals surface area contributed by atoms with Crippen molar-refractivity contribution in [2.24, 2.45) is 5.92 Å². The Morgan fingerprint density at radius 3 is 2.39 bits per heavy atom. The number of unbranched alkanes of at least 4 members (excludes halogenated alkanes) is 1. The fourth-order valence-corrected chi connectivity index (χ4v) is 4.10. The number of hydrogen-bond donors (Lipinski definition) is 1. The predicted octanol–water partition coefficient (Wildman–Crippen LogP) is 6.12. The lowest BCUT2D eigenvalue weighted by atomic mass is 10.0. The highest BCUT2D eigenvalue weighted by atomic mass is 16.7. The Kier molecular flexibility index (Phi) is 8.15. The number of aromatic nitrogens is 2. The van der Waals surface area contributed by atoms with E-state index in [1.165, 1.54) is 0 Å². The topological polar surface area (TPSA) is 73.5 Å². The van der Waals surface area contributed by atoms with Gasteiger partial charge in [-0.1, -0.05) is 69.7 Å². The standard InChI is InChI=1S/C27H34N2O4/c1-5-6-17-28-20(4)24(16-11-19(2)3)29(26(28)30)18-21-12-14-22(15-13-21)23-9-7-8-10-25(23)33-27(31)32/h7-10,12-15,19H,5-6,11,16-18H2,1-4H3,(H,31,32). The third-order valence-corrected chi connectivity index (χ3v) is 5.99. The smallest absolute Gasteiger partial charge is 0.449 e. The van der Waals surface area contributed by atoms with Gasteiger partial charge < -0.3 is 9.84 Å². The molecule has 3 aromatic rings. The van der Waals surface area contributed by atoms with Gasteiger partial charge in [0.2, 0.25) is 0 Å². The minimum atomic E-state index is -1.34. The summed E-state index contributed by atoms with van der Waals surface area (Å²) < 4.78 is 8.76. The van der Waals surface area contributed by atoms with Gasteiger partial charge in [-0.05, 0) is 49.3 Å². The van der Waals surface area contributed by atoms with Crippen molar-refractivity contribution in [1.82, 2.24) is 9.13 Å². The number of carboxylic acid groups (broad SMARTS) is 1. The Morgan fingerprint density at radius 2 is 1.76 bits per heavy atom. The lowest BCUT2D eigenvalue weighted by molar-refractivity contribution is 0.144. The van der Waals surface area contributed by atoms with Crippen LogP contribution in [0, 0.1) is 12.8 Å². The largest absolute Gasteiger partial charge is 0.511 e. The number of carbonyl (C=O) groups is 1. The highest BCUT2D eigenvalue weighted by molar-refractivity contribution is 5.74. The van der Waals surface area contributed by atoms with Gasteiger partial charge in [0.1, 0.15) is 5.75 Å². The summed E-state index contributed by atoms with van der Waals surface area (Å²) in [6, 6.07) is 14.9. The molecule has 1 heterocycles. The molecule has 0 aliphatic rings. The summed E-state index contributed by atoms with van der Waals surface area (Å²) >= 11 is 0. The molecule has 0 atom stereocenters. The van der Waals surface area contributed by atoms with E-state index in [1.54, 1.807) is 12.1 Å². The Bertz CT molecular complexity index is 1140. The Balaban J connectivity index is 1.91. The maximum atomic E-state index is 13.3. The zero-order valence-electron chi connectivity index (χ0n) is 20.0. The van der Waals surface area contributed by atoms with Crippen molar-refractivity contribution in [2.45, 2.75) is 66.5 Å². The van der Waals surface area contributed by atoms with Crippen molar-refractivity contribution >= 4 is 6.16 Å². The molecule has 1 aromatic heterocycles. The quantitative estimate of drug-likeness (QED) is 0.298. The third kappa shape index (κ3) is 5.95. The lowest BCUT2D eigenvalue weighted by Gasteiger charge is -2.12. The van der Waals surface area contributed by atoms with Crippen molar-refractivity contribution in [2.75, 3.05) is 0 Å². The molecular weight excluding hydrogens is 416 g/mol. The first kappa shape index (κ1) is 24.4. The van der Waals surface area contributed by atoms with E-state index in [-0.39, 0.29) is 5.69 Å². The molecule has 0 fully saturated rings. The average molecular weight is 451 g/mol. The summed E-state index contributed by atoms with van der Waals surface area (Å²) in [4.78, 5) is 24.3. The van der Waals surface area contributed by atoms with Crippen LogP contribution >= 0.6 is 0 Å². The summed E-state index contributed by atoms with van der Waals surface area (Å²) in [7, 11) is 0. The average Bonchev–Trinajstić information content (AvgIpc) is 3.00. The highest BCUT2D eigenvalue weighted by Gasteiger charge is 2.17. The summed E-state index contributed by atoms with van der Waals surface area (Å²) in [6.45, 7) is 9.87. The van der Waals surface area contributed by atoms with Crippen LogP contribution in [-0.4, -0.2) is 20.4 Å². The molecule has 0 unspecified atom stereocenters. The number of rotatable bonds is 10. The van der Waals surface area contributed by atoms with Gasteiger partial charge in [-0.25, -0.2) is 9.59 Å². The highest BCUT2D eigenvalue weighted by Crippen LogP contribution is 2.30. The molecule has 0 saturated carbocycles. The number of hydrogen-bond acceptors (Lipinski definition) is 3. The first-order chi connectivity index (χ1) is 15.8. The van der Waals surface area contributed by atoms with Crippen LogP contribution in [0.3, 0.4) is 0 Å². The molecule has 3 rings (SSSR count). The van der Waals surface area contributed by atoms with E-state index in [4.69, 9.17) is 9.84 Å². The van der Waals surface area contributed by atoms with Crippen molar-refractivity contribution in [3.8, 4) is 16.9 Å². The zero-order chi connectivity index (χ0) is 24.0. The molecule has 0 saturated heterocycles. The summed E-state index contributed by atoms with van der Waals surface area (Å²) in [5.41, 5.74) is 4.85. The van der Waals surface area contributed by atoms with Crippen molar-refractivity contribution < 1.29 is 14.6 Å². The first-order valence-electron chi connectivity index (χ1n) is 11.7. The second kappa shape index (κ2) is 11.0. The second-order valence-electron chi connectivity index (χ2n) is 8.90. The van der Waals surface area contributed by atoms with Gasteiger partial charge in [-0.2, -0.15) is 0 Å². The van der Waals surface area contributed by atoms with Crippen LogP contribution in [0.25, 0.3) is 11.1 Å². The molecule has 0 aliphatic heterocycles. The van der Waals surface area contributed by atoms with Crippen LogP contribution in [-0.2, 0) is 19.5 Å². The molecule has 6 nitrogen and oxygen atoms in total. The van der Waals surface area contributed by atoms with Gasteiger partial charge in [-0.3, -0.25) is 9.13 Å². The maximum absolute atomic E-state index is 13.3. The Hall–Kier alpha value is -3.28. The minimum Gasteiger partial charge on any atom is -0.449 e. The van der Waals surface area contributed by atoms with E-state index in [0.29, 0.717) is 23.8 Å². The molecule has 0 aliphatic carbocycles.